The SMILES string of the molecule is C=CC(=O)OCCOC(=O)NC1CCC(CC2CCC(NC(=O)OCC(CCC[Si](C)(O[Si](C)(C)C)O[Si](C)(C)C)(CC[Si](C)(O[Si](C)(C)C)O[Si](C)(C)C)COC(=O)NC)CC2)CC1. The Kier molecular flexibility index (Phi) is 23.9. The van der Waals surface area contributed by atoms with Crippen LogP contribution in [0.5, 0.6) is 0 Å². The van der Waals surface area contributed by atoms with Crippen LogP contribution in [0, 0.1) is 17.3 Å². The molecule has 0 spiro atoms. The summed E-state index contributed by atoms with van der Waals surface area (Å²) in [5.74, 6) is 0.653. The Balaban J connectivity index is 2.14. The minimum atomic E-state index is -2.72. The van der Waals surface area contributed by atoms with Gasteiger partial charge in [0.1, 0.15) is 26.4 Å². The maximum atomic E-state index is 13.7. The van der Waals surface area contributed by atoms with Gasteiger partial charge in [0.25, 0.3) is 0 Å². The number of alkyl carbamates (subject to hydrolysis) is 3. The molecule has 15 nitrogen and oxygen atoms in total. The first kappa shape index (κ1) is 59.3. The van der Waals surface area contributed by atoms with Crippen LogP contribution in [0.1, 0.15) is 77.0 Å². The van der Waals surface area contributed by atoms with Crippen LogP contribution < -0.4 is 16.0 Å². The molecule has 0 aromatic carbocycles. The molecule has 2 saturated carbocycles. The van der Waals surface area contributed by atoms with Gasteiger partial charge in [0, 0.05) is 30.6 Å². The monoisotopic (exact) mass is 1020 g/mol. The zero-order valence-electron chi connectivity index (χ0n) is 43.2. The average molecular weight is 1020 g/mol. The minimum absolute atomic E-state index is 0.000250. The molecule has 0 heterocycles. The van der Waals surface area contributed by atoms with Crippen LogP contribution in [-0.4, -0.2) is 120 Å². The van der Waals surface area contributed by atoms with Crippen molar-refractivity contribution in [1.82, 2.24) is 16.0 Å². The summed E-state index contributed by atoms with van der Waals surface area (Å²) in [6.45, 7) is 34.3. The topological polar surface area (TPSA) is 178 Å². The van der Waals surface area contributed by atoms with E-state index in [1.54, 1.807) is 7.05 Å². The van der Waals surface area contributed by atoms with Crippen LogP contribution in [0.2, 0.25) is 104 Å². The van der Waals surface area contributed by atoms with Gasteiger partial charge in [-0.3, -0.25) is 0 Å². The third-order valence-corrected chi connectivity index (χ3v) is 30.6. The number of amides is 3. The second-order valence-corrected chi connectivity index (χ2v) is 48.5. The number of ether oxygens (including phenoxy) is 4. The highest BCUT2D eigenvalue weighted by Gasteiger charge is 2.46. The van der Waals surface area contributed by atoms with Crippen molar-refractivity contribution in [2.24, 2.45) is 17.3 Å². The van der Waals surface area contributed by atoms with Crippen molar-refractivity contribution in [3.8, 4) is 0 Å². The molecule has 0 aromatic rings. The molecule has 21 heteroatoms. The lowest BCUT2D eigenvalue weighted by atomic mass is 9.76. The minimum Gasteiger partial charge on any atom is -0.459 e. The van der Waals surface area contributed by atoms with Gasteiger partial charge in [-0.25, -0.2) is 19.2 Å². The molecule has 2 rings (SSSR count). The molecular formula is C44H91N3O12Si6. The fourth-order valence-corrected chi connectivity index (χ4v) is 34.6. The first-order valence-electron chi connectivity index (χ1n) is 24.1. The molecule has 0 aromatic heterocycles. The van der Waals surface area contributed by atoms with E-state index in [0.717, 1.165) is 76.3 Å². The fourth-order valence-electron chi connectivity index (χ4n) is 9.39. The third kappa shape index (κ3) is 26.5. The molecule has 0 aliphatic heterocycles. The number of carbonyl (C=O) groups is 4. The summed E-state index contributed by atoms with van der Waals surface area (Å²) in [6, 6.07) is 1.54. The van der Waals surface area contributed by atoms with Gasteiger partial charge in [-0.15, -0.1) is 0 Å². The van der Waals surface area contributed by atoms with E-state index < -0.39 is 80.1 Å². The lowest BCUT2D eigenvalue weighted by Gasteiger charge is -2.42. The molecule has 65 heavy (non-hydrogen) atoms. The second kappa shape index (κ2) is 26.2. The highest BCUT2D eigenvalue weighted by molar-refractivity contribution is 6.88. The third-order valence-electron chi connectivity index (χ3n) is 11.5. The standard InChI is InChI=1S/C44H91N3O12Si6/c1-17-40(48)52-29-30-53-42(50)46-38-23-19-36(20-24-38)33-37-21-25-39(26-22-37)47-43(51)55-35-44(34-54-41(49)45-2,28-32-65(16,58-62(9,10)11)59-63(12,13)14)27-18-31-64(15,56-60(3,4)5)57-61(6,7)8/h17,36-39H,1,18-35H2,2-16H3,(H,45,49)(H,46,50)(H,47,51). The summed E-state index contributed by atoms with van der Waals surface area (Å²) in [7, 11) is -11.6. The number of carbonyl (C=O) groups excluding carboxylic acids is 4. The molecule has 0 radical (unpaired) electrons. The Morgan fingerprint density at radius 3 is 1.32 bits per heavy atom. The van der Waals surface area contributed by atoms with Gasteiger partial charge in [0.2, 0.25) is 0 Å². The summed E-state index contributed by atoms with van der Waals surface area (Å²) in [5, 5.41) is 8.75. The van der Waals surface area contributed by atoms with E-state index in [4.69, 9.17) is 35.4 Å². The van der Waals surface area contributed by atoms with Crippen LogP contribution in [0.15, 0.2) is 12.7 Å². The maximum Gasteiger partial charge on any atom is 0.407 e. The van der Waals surface area contributed by atoms with Crippen LogP contribution in [0.25, 0.3) is 0 Å². The summed E-state index contributed by atoms with van der Waals surface area (Å²) in [5.41, 5.74) is -0.703. The summed E-state index contributed by atoms with van der Waals surface area (Å²) in [6.07, 6.45) is 10.5. The Bertz CT molecular complexity index is 1470. The highest BCUT2D eigenvalue weighted by atomic mass is 28.5. The smallest absolute Gasteiger partial charge is 0.407 e. The molecule has 378 valence electrons. The van der Waals surface area contributed by atoms with E-state index in [1.165, 1.54) is 0 Å². The lowest BCUT2D eigenvalue weighted by molar-refractivity contribution is -0.138. The van der Waals surface area contributed by atoms with E-state index in [2.05, 4.69) is 114 Å². The van der Waals surface area contributed by atoms with Crippen molar-refractivity contribution in [3.63, 3.8) is 0 Å². The lowest BCUT2D eigenvalue weighted by Crippen LogP contribution is -2.53. The fraction of sp³-hybridized carbons (Fsp3) is 0.864. The number of nitrogens with one attached hydrogen (secondary N) is 3. The zero-order chi connectivity index (χ0) is 49.3. The Labute approximate surface area is 399 Å². The summed E-state index contributed by atoms with van der Waals surface area (Å²) < 4.78 is 49.7. The van der Waals surface area contributed by atoms with Crippen molar-refractivity contribution < 1.29 is 54.6 Å². The Hall–Kier alpha value is -1.84. The molecule has 1 unspecified atom stereocenters. The molecule has 2 aliphatic carbocycles. The van der Waals surface area contributed by atoms with Crippen molar-refractivity contribution in [2.75, 3.05) is 33.5 Å². The van der Waals surface area contributed by atoms with E-state index in [1.807, 2.05) is 0 Å². The first-order chi connectivity index (χ1) is 29.8. The maximum absolute atomic E-state index is 13.7. The van der Waals surface area contributed by atoms with E-state index >= 15 is 0 Å². The summed E-state index contributed by atoms with van der Waals surface area (Å²) >= 11 is 0. The van der Waals surface area contributed by atoms with E-state index in [-0.39, 0.29) is 38.5 Å². The number of rotatable bonds is 27. The number of hydrogen-bond acceptors (Lipinski definition) is 12. The van der Waals surface area contributed by atoms with Crippen LogP contribution in [0.4, 0.5) is 14.4 Å². The van der Waals surface area contributed by atoms with Crippen molar-refractivity contribution in [3.05, 3.63) is 12.7 Å². The van der Waals surface area contributed by atoms with Crippen LogP contribution in [0.3, 0.4) is 0 Å². The molecule has 3 N–H and O–H groups in total. The van der Waals surface area contributed by atoms with Crippen LogP contribution >= 0.6 is 0 Å². The molecule has 2 fully saturated rings. The zero-order valence-corrected chi connectivity index (χ0v) is 49.2. The molecule has 0 saturated heterocycles. The Morgan fingerprint density at radius 1 is 0.538 bits per heavy atom. The van der Waals surface area contributed by atoms with Gasteiger partial charge in [-0.1, -0.05) is 13.0 Å². The van der Waals surface area contributed by atoms with Crippen molar-refractivity contribution in [2.45, 2.75) is 193 Å². The second-order valence-electron chi connectivity index (χ2n) is 22.8. The van der Waals surface area contributed by atoms with Gasteiger partial charge >= 0.3 is 41.4 Å². The van der Waals surface area contributed by atoms with Gasteiger partial charge in [0.15, 0.2) is 33.3 Å². The molecular weight excluding hydrogens is 931 g/mol. The van der Waals surface area contributed by atoms with Gasteiger partial charge in [0.05, 0.1) is 0 Å². The van der Waals surface area contributed by atoms with Crippen LogP contribution in [-0.2, 0) is 40.2 Å². The van der Waals surface area contributed by atoms with Crippen molar-refractivity contribution >= 4 is 74.6 Å². The largest absolute Gasteiger partial charge is 0.459 e. The van der Waals surface area contributed by atoms with Gasteiger partial charge in [-0.05, 0) is 186 Å². The van der Waals surface area contributed by atoms with E-state index in [9.17, 15) is 19.2 Å². The molecule has 3 amide bonds. The quantitative estimate of drug-likeness (QED) is 0.0234. The average Bonchev–Trinajstić information content (AvgIpc) is 3.15. The van der Waals surface area contributed by atoms with E-state index in [0.29, 0.717) is 30.7 Å². The molecule has 2 aliphatic rings. The molecule has 0 bridgehead atoms. The predicted molar refractivity (Wildman–Crippen MR) is 273 cm³/mol. The number of hydrogen-bond donors (Lipinski definition) is 3. The van der Waals surface area contributed by atoms with Crippen molar-refractivity contribution in [1.29, 1.82) is 0 Å². The van der Waals surface area contributed by atoms with Gasteiger partial charge in [-0.2, -0.15) is 0 Å². The predicted octanol–water partition coefficient (Wildman–Crippen LogP) is 10.7. The first-order valence-corrected chi connectivity index (χ1v) is 42.8. The van der Waals surface area contributed by atoms with Gasteiger partial charge < -0.3 is 51.4 Å². The molecule has 1 atom stereocenters. The Morgan fingerprint density at radius 2 is 0.923 bits per heavy atom. The normalized spacial score (nSPS) is 21.0. The number of esters is 1. The highest BCUT2D eigenvalue weighted by Crippen LogP contribution is 2.39. The summed E-state index contributed by atoms with van der Waals surface area (Å²) in [4.78, 5) is 49.8.